The van der Waals surface area contributed by atoms with Crippen LogP contribution in [0.4, 0.5) is 5.69 Å². The topological polar surface area (TPSA) is 73.2 Å². The minimum absolute atomic E-state index is 0.0733. The van der Waals surface area contributed by atoms with Crippen LogP contribution in [0.1, 0.15) is 16.7 Å². The van der Waals surface area contributed by atoms with E-state index in [0.717, 1.165) is 16.7 Å². The monoisotopic (exact) mass is 425 g/mol. The van der Waals surface area contributed by atoms with Crippen LogP contribution in [0.5, 0.6) is 0 Å². The summed E-state index contributed by atoms with van der Waals surface area (Å²) in [5.41, 5.74) is 3.50. The highest BCUT2D eigenvalue weighted by Crippen LogP contribution is 2.42. The summed E-state index contributed by atoms with van der Waals surface area (Å²) < 4.78 is 0. The number of rotatable bonds is 4. The summed E-state index contributed by atoms with van der Waals surface area (Å²) in [6, 6.07) is 15.1. The largest absolute Gasteiger partial charge is 0.354 e. The maximum absolute atomic E-state index is 13.3. The molecule has 3 rings (SSSR count). The van der Waals surface area contributed by atoms with Crippen LogP contribution in [0.25, 0.3) is 0 Å². The fourth-order valence-electron chi connectivity index (χ4n) is 3.02. The number of anilines is 1. The Hall–Kier alpha value is -2.75. The van der Waals surface area contributed by atoms with Gasteiger partial charge in [0.05, 0.1) is 5.25 Å². The van der Waals surface area contributed by atoms with Crippen molar-refractivity contribution in [3.8, 4) is 6.07 Å². The fourth-order valence-corrected chi connectivity index (χ4v) is 4.53. The number of likely N-dealkylation sites (N-methyl/N-ethyl adjacent to an activating group) is 1. The van der Waals surface area contributed by atoms with E-state index in [9.17, 15) is 14.9 Å². The zero-order valence-electron chi connectivity index (χ0n) is 16.3. The van der Waals surface area contributed by atoms with Gasteiger partial charge in [-0.15, -0.1) is 0 Å². The molecule has 2 aromatic carbocycles. The van der Waals surface area contributed by atoms with E-state index < -0.39 is 11.2 Å². The van der Waals surface area contributed by atoms with Crippen molar-refractivity contribution in [3.63, 3.8) is 0 Å². The van der Waals surface area contributed by atoms with Gasteiger partial charge in [-0.2, -0.15) is 5.26 Å². The summed E-state index contributed by atoms with van der Waals surface area (Å²) in [5, 5.41) is 12.6. The van der Waals surface area contributed by atoms with Gasteiger partial charge in [-0.25, -0.2) is 0 Å². The average molecular weight is 426 g/mol. The van der Waals surface area contributed by atoms with Gasteiger partial charge in [-0.05, 0) is 49.6 Å². The zero-order chi connectivity index (χ0) is 21.1. The van der Waals surface area contributed by atoms with Crippen molar-refractivity contribution < 1.29 is 9.59 Å². The first-order valence-corrected chi connectivity index (χ1v) is 10.3. The third-order valence-electron chi connectivity index (χ3n) is 4.68. The fraction of sp³-hybridized carbons (Fsp3) is 0.227. The van der Waals surface area contributed by atoms with Crippen molar-refractivity contribution in [1.82, 2.24) is 5.32 Å². The Morgan fingerprint density at radius 2 is 1.93 bits per heavy atom. The summed E-state index contributed by atoms with van der Waals surface area (Å²) in [6.07, 6.45) is 0.446. The molecule has 1 N–H and O–H groups in total. The molecule has 0 spiro atoms. The second-order valence-corrected chi connectivity index (χ2v) is 8.37. The van der Waals surface area contributed by atoms with Gasteiger partial charge in [-0.3, -0.25) is 14.5 Å². The Kier molecular flexibility index (Phi) is 6.31. The number of nitriles is 1. The van der Waals surface area contributed by atoms with E-state index in [1.807, 2.05) is 62.4 Å². The minimum atomic E-state index is -0.515. The minimum Gasteiger partial charge on any atom is -0.354 e. The van der Waals surface area contributed by atoms with E-state index in [-0.39, 0.29) is 11.5 Å². The van der Waals surface area contributed by atoms with Crippen molar-refractivity contribution in [1.29, 1.82) is 5.26 Å². The Bertz CT molecular complexity index is 1040. The van der Waals surface area contributed by atoms with Crippen LogP contribution < -0.4 is 10.2 Å². The lowest BCUT2D eigenvalue weighted by Crippen LogP contribution is -2.31. The molecule has 0 saturated carbocycles. The molecule has 29 heavy (non-hydrogen) atoms. The van der Waals surface area contributed by atoms with E-state index in [2.05, 4.69) is 5.32 Å². The van der Waals surface area contributed by atoms with E-state index in [1.54, 1.807) is 0 Å². The number of halogens is 1. The zero-order valence-corrected chi connectivity index (χ0v) is 17.9. The van der Waals surface area contributed by atoms with Crippen molar-refractivity contribution in [3.05, 3.63) is 74.8 Å². The molecule has 1 saturated heterocycles. The van der Waals surface area contributed by atoms with Gasteiger partial charge >= 0.3 is 0 Å². The summed E-state index contributed by atoms with van der Waals surface area (Å²) in [5.74, 6) is -0.679. The van der Waals surface area contributed by atoms with Crippen LogP contribution >= 0.6 is 23.4 Å². The van der Waals surface area contributed by atoms with Crippen LogP contribution in [0.3, 0.4) is 0 Å². The first-order chi connectivity index (χ1) is 13.8. The number of nitrogens with one attached hydrogen (secondary N) is 1. The van der Waals surface area contributed by atoms with E-state index in [4.69, 9.17) is 11.6 Å². The molecule has 0 radical (unpaired) electrons. The molecule has 1 aliphatic heterocycles. The molecule has 1 heterocycles. The number of hydrogen-bond acceptors (Lipinski definition) is 4. The molecule has 2 aromatic rings. The maximum atomic E-state index is 13.3. The summed E-state index contributed by atoms with van der Waals surface area (Å²) in [6.45, 7) is 3.88. The molecular formula is C22H20ClN3O2S. The summed E-state index contributed by atoms with van der Waals surface area (Å²) in [7, 11) is 1.46. The Balaban J connectivity index is 2.03. The standard InChI is InChI=1S/C22H20ClN3O2S/c1-13-4-8-16(9-5-13)26-21(28)19(11-15-7-6-14(2)18(23)10-15)29-22(26)17(12-24)20(27)25-3/h4-10,19H,11H2,1-3H3,(H,25,27)/b22-17-. The molecule has 1 aliphatic rings. The van der Waals surface area contributed by atoms with Gasteiger partial charge in [0.1, 0.15) is 16.7 Å². The van der Waals surface area contributed by atoms with Crippen LogP contribution in [0, 0.1) is 25.2 Å². The molecule has 1 atom stereocenters. The van der Waals surface area contributed by atoms with Crippen LogP contribution in [0.2, 0.25) is 5.02 Å². The lowest BCUT2D eigenvalue weighted by molar-refractivity contribution is -0.117. The number of benzene rings is 2. The first kappa shape index (κ1) is 21.0. The van der Waals surface area contributed by atoms with Crippen LogP contribution in [-0.4, -0.2) is 24.1 Å². The van der Waals surface area contributed by atoms with Crippen molar-refractivity contribution in [2.75, 3.05) is 11.9 Å². The highest BCUT2D eigenvalue weighted by molar-refractivity contribution is 8.05. The SMILES string of the molecule is CNC(=O)/C(C#N)=C1\SC(Cc2ccc(C)c(Cl)c2)C(=O)N1c1ccc(C)cc1. The summed E-state index contributed by atoms with van der Waals surface area (Å²) in [4.78, 5) is 27.0. The lowest BCUT2D eigenvalue weighted by atomic mass is 10.1. The molecule has 7 heteroatoms. The number of thioether (sulfide) groups is 1. The highest BCUT2D eigenvalue weighted by atomic mass is 35.5. The molecule has 5 nitrogen and oxygen atoms in total. The number of aryl methyl sites for hydroxylation is 2. The maximum Gasteiger partial charge on any atom is 0.264 e. The molecule has 0 bridgehead atoms. The van der Waals surface area contributed by atoms with E-state index in [0.29, 0.717) is 22.2 Å². The Labute approximate surface area is 179 Å². The van der Waals surface area contributed by atoms with Crippen molar-refractivity contribution in [2.45, 2.75) is 25.5 Å². The van der Waals surface area contributed by atoms with Gasteiger partial charge < -0.3 is 5.32 Å². The smallest absolute Gasteiger partial charge is 0.264 e. The molecule has 0 aliphatic carbocycles. The van der Waals surface area contributed by atoms with Gasteiger partial charge in [0.25, 0.3) is 5.91 Å². The second kappa shape index (κ2) is 8.73. The van der Waals surface area contributed by atoms with Crippen molar-refractivity contribution >= 4 is 40.9 Å². The Morgan fingerprint density at radius 1 is 1.24 bits per heavy atom. The third-order valence-corrected chi connectivity index (χ3v) is 6.35. The van der Waals surface area contributed by atoms with Crippen molar-refractivity contribution in [2.24, 2.45) is 0 Å². The second-order valence-electron chi connectivity index (χ2n) is 6.77. The molecule has 148 valence electrons. The lowest BCUT2D eigenvalue weighted by Gasteiger charge is -2.18. The van der Waals surface area contributed by atoms with Crippen LogP contribution in [0.15, 0.2) is 53.1 Å². The first-order valence-electron chi connectivity index (χ1n) is 9.04. The number of carbonyl (C=O) groups excluding carboxylic acids is 2. The quantitative estimate of drug-likeness (QED) is 0.590. The molecule has 2 amide bonds. The molecule has 0 aromatic heterocycles. The van der Waals surface area contributed by atoms with Gasteiger partial charge in [-0.1, -0.05) is 53.2 Å². The number of nitrogens with zero attached hydrogens (tertiary/aromatic N) is 2. The van der Waals surface area contributed by atoms with Gasteiger partial charge in [0.2, 0.25) is 5.91 Å². The van der Waals surface area contributed by atoms with E-state index in [1.165, 1.54) is 23.7 Å². The average Bonchev–Trinajstić information content (AvgIpc) is 3.01. The highest BCUT2D eigenvalue weighted by Gasteiger charge is 2.40. The van der Waals surface area contributed by atoms with Crippen LogP contribution in [-0.2, 0) is 16.0 Å². The number of amides is 2. The normalized spacial score (nSPS) is 17.8. The number of carbonyl (C=O) groups is 2. The van der Waals surface area contributed by atoms with Gasteiger partial charge in [0.15, 0.2) is 0 Å². The predicted molar refractivity (Wildman–Crippen MR) is 117 cm³/mol. The van der Waals surface area contributed by atoms with E-state index >= 15 is 0 Å². The Morgan fingerprint density at radius 3 is 2.52 bits per heavy atom. The molecule has 1 unspecified atom stereocenters. The molecule has 1 fully saturated rings. The van der Waals surface area contributed by atoms with Gasteiger partial charge in [0, 0.05) is 17.8 Å². The number of hydrogen-bond donors (Lipinski definition) is 1. The summed E-state index contributed by atoms with van der Waals surface area (Å²) >= 11 is 7.47. The predicted octanol–water partition coefficient (Wildman–Crippen LogP) is 4.13. The molecular weight excluding hydrogens is 406 g/mol. The third kappa shape index (κ3) is 4.31.